The zero-order chi connectivity index (χ0) is 47.4. The average molecular weight is 986 g/mol. The summed E-state index contributed by atoms with van der Waals surface area (Å²) in [5, 5.41) is 16.6. The lowest BCUT2D eigenvalue weighted by molar-refractivity contribution is -0.0975. The van der Waals surface area contributed by atoms with Gasteiger partial charge in [-0.1, -0.05) is 4.48 Å². The first-order valence-electron chi connectivity index (χ1n) is 21.5. The second-order valence-corrected chi connectivity index (χ2v) is 19.0. The van der Waals surface area contributed by atoms with E-state index in [-0.39, 0.29) is 6.07 Å². The maximum absolute atomic E-state index is 17.0. The van der Waals surface area contributed by atoms with Gasteiger partial charge in [-0.15, -0.1) is 9.60 Å². The molecule has 7 N–H and O–H groups in total. The fourth-order valence-corrected chi connectivity index (χ4v) is 13.0. The summed E-state index contributed by atoms with van der Waals surface area (Å²) < 4.78 is 297. The molecule has 5 heterocycles. The van der Waals surface area contributed by atoms with Crippen LogP contribution in [0.2, 0.25) is 0 Å². The van der Waals surface area contributed by atoms with Crippen LogP contribution < -0.4 is 42.3 Å². The number of hydrogen-bond donors (Lipinski definition) is 7. The van der Waals surface area contributed by atoms with Gasteiger partial charge in [-0.05, 0) is 24.5 Å². The summed E-state index contributed by atoms with van der Waals surface area (Å²) in [6, 6.07) is -2.25. The predicted octanol–water partition coefficient (Wildman–Crippen LogP) is 4.26. The molecule has 5 aliphatic heterocycles. The Kier molecular flexibility index (Phi) is 12.0. The van der Waals surface area contributed by atoms with Crippen molar-refractivity contribution in [1.82, 2.24) is 42.3 Å². The van der Waals surface area contributed by atoms with Crippen LogP contribution in [0.4, 0.5) is 89.3 Å². The number of rotatable bonds is 2. The van der Waals surface area contributed by atoms with Gasteiger partial charge in [0, 0.05) is 41.4 Å². The maximum atomic E-state index is 17.0. The number of anilines is 1. The Morgan fingerprint density at radius 3 is 1.29 bits per heavy atom. The maximum Gasteiger partial charge on any atom is 0.196 e. The van der Waals surface area contributed by atoms with Gasteiger partial charge in [0.05, 0.1) is 49.3 Å². The van der Waals surface area contributed by atoms with Crippen LogP contribution in [0.15, 0.2) is 12.1 Å². The van der Waals surface area contributed by atoms with Crippen LogP contribution in [0.5, 0.6) is 0 Å². The summed E-state index contributed by atoms with van der Waals surface area (Å²) in [6.45, 7) is 0. The molecule has 28 heteroatoms. The van der Waals surface area contributed by atoms with Crippen molar-refractivity contribution in [2.75, 3.05) is 5.12 Å². The minimum absolute atomic E-state index is 0.218. The Morgan fingerprint density at radius 1 is 0.409 bits per heavy atom. The highest BCUT2D eigenvalue weighted by Gasteiger charge is 2.70. The van der Waals surface area contributed by atoms with Gasteiger partial charge in [-0.2, -0.15) is 0 Å². The molecular weight excluding hydrogens is 943 g/mol. The van der Waals surface area contributed by atoms with Crippen LogP contribution in [-0.2, 0) is 0 Å². The highest BCUT2D eigenvalue weighted by molar-refractivity contribution is 5.48. The SMILES string of the molecule is Fc1ccc(N(F)C2C(F)C(F)C(F)C3C4NC5NC(NC6C7C(F)C(F)C(F)C(F)C7C(NC7NC(NC(N4)C32)C2C(F)C(F)C(F)C(F)C72)N6F)C2C(F)C(F)C(F)CC52)c(F)c1F. The van der Waals surface area contributed by atoms with E-state index in [1.807, 2.05) is 0 Å². The van der Waals surface area contributed by atoms with E-state index < -0.39 is 229 Å². The second kappa shape index (κ2) is 16.8. The van der Waals surface area contributed by atoms with Crippen molar-refractivity contribution < 1.29 is 83.6 Å². The van der Waals surface area contributed by atoms with E-state index in [2.05, 4.69) is 37.2 Å². The van der Waals surface area contributed by atoms with Gasteiger partial charge in [0.15, 0.2) is 60.7 Å². The minimum Gasteiger partial charge on any atom is -0.286 e. The minimum atomic E-state index is -3.31. The quantitative estimate of drug-likeness (QED) is 0.134. The zero-order valence-corrected chi connectivity index (χ0v) is 33.3. The van der Waals surface area contributed by atoms with Crippen LogP contribution >= 0.6 is 0 Å². The molecule has 31 atom stereocenters. The number of nitrogens with zero attached hydrogens (tertiary/aromatic N) is 2. The molecule has 1 aromatic carbocycles. The Hall–Kier alpha value is -2.63. The summed E-state index contributed by atoms with van der Waals surface area (Å²) in [4.78, 5) is 0. The number of nitrogens with one attached hydrogen (secondary N) is 7. The topological polar surface area (TPSA) is 90.7 Å². The van der Waals surface area contributed by atoms with E-state index >= 15 is 74.8 Å². The van der Waals surface area contributed by atoms with Crippen molar-refractivity contribution >= 4 is 5.69 Å². The van der Waals surface area contributed by atoms with Crippen molar-refractivity contribution in [3.8, 4) is 0 Å². The molecule has 9 fully saturated rings. The molecule has 0 spiro atoms. The van der Waals surface area contributed by atoms with Crippen LogP contribution in [0, 0.1) is 64.8 Å². The molecular formula is C38H42F19N9. The molecule has 31 unspecified atom stereocenters. The molecule has 10 rings (SSSR count). The number of hydrogen-bond acceptors (Lipinski definition) is 9. The number of halogens is 19. The fourth-order valence-electron chi connectivity index (χ4n) is 13.0. The molecule has 372 valence electrons. The van der Waals surface area contributed by atoms with Gasteiger partial charge in [0.25, 0.3) is 0 Å². The van der Waals surface area contributed by atoms with E-state index in [1.54, 1.807) is 0 Å². The number of alkyl halides is 14. The third-order valence-electron chi connectivity index (χ3n) is 16.0. The Bertz CT molecular complexity index is 1980. The monoisotopic (exact) mass is 985 g/mol. The van der Waals surface area contributed by atoms with Gasteiger partial charge in [-0.3, -0.25) is 37.2 Å². The van der Waals surface area contributed by atoms with Crippen LogP contribution in [0.3, 0.4) is 0 Å². The largest absolute Gasteiger partial charge is 0.286 e. The predicted molar refractivity (Wildman–Crippen MR) is 190 cm³/mol. The average Bonchev–Trinajstić information content (AvgIpc) is 4.00. The summed E-state index contributed by atoms with van der Waals surface area (Å²) in [5.74, 6) is -22.9. The summed E-state index contributed by atoms with van der Waals surface area (Å²) >= 11 is 0. The third kappa shape index (κ3) is 6.72. The smallest absolute Gasteiger partial charge is 0.196 e. The normalized spacial score (nSPS) is 56.9. The van der Waals surface area contributed by atoms with Crippen molar-refractivity contribution in [1.29, 1.82) is 0 Å². The molecule has 1 aromatic rings. The molecule has 4 aliphatic carbocycles. The standard InChI is InChI=1S/C38H42F19N9/c39-5-1-2-7(17(43)15(5)41)65(56)30-14-11(21(47)28(54)29(30)55)34-59-31-4-3-6(40)16(42)18(44)8(4)32(58-31)63-37-12-13(23(49)27(53)26(52)22(12)48)38(66(37)57)64-35-10-9(33(60-35)61-36(14)62-34)19(45)24(50)25(51)20(10)46/h1-2,4,6,8-14,16,18-38,58-64H,3H2. The number of fused-ring (bicyclic) bond motifs is 20. The second-order valence-electron chi connectivity index (χ2n) is 19.0. The van der Waals surface area contributed by atoms with Crippen LogP contribution in [-0.4, -0.2) is 147 Å². The summed E-state index contributed by atoms with van der Waals surface area (Å²) in [6.07, 6.45) is -60.2. The molecule has 4 saturated carbocycles. The molecule has 9 aliphatic rings. The van der Waals surface area contributed by atoms with E-state index in [4.69, 9.17) is 0 Å². The molecule has 0 radical (unpaired) electrons. The molecule has 8 bridgehead atoms. The first-order valence-corrected chi connectivity index (χ1v) is 21.5. The Morgan fingerprint density at radius 2 is 0.788 bits per heavy atom. The molecule has 0 aromatic heterocycles. The van der Waals surface area contributed by atoms with Crippen molar-refractivity contribution in [3.05, 3.63) is 29.6 Å². The lowest BCUT2D eigenvalue weighted by Crippen LogP contribution is -2.65. The van der Waals surface area contributed by atoms with Gasteiger partial charge in [0.1, 0.15) is 54.9 Å². The van der Waals surface area contributed by atoms with Gasteiger partial charge in [-0.25, -0.2) is 79.8 Å². The Balaban J connectivity index is 1.11. The van der Waals surface area contributed by atoms with Crippen LogP contribution in [0.1, 0.15) is 6.42 Å². The highest BCUT2D eigenvalue weighted by Crippen LogP contribution is 2.53. The Labute approximate surface area is 361 Å². The van der Waals surface area contributed by atoms with E-state index in [9.17, 15) is 8.78 Å². The summed E-state index contributed by atoms with van der Waals surface area (Å²) in [7, 11) is 0. The highest BCUT2D eigenvalue weighted by atomic mass is 19.2. The van der Waals surface area contributed by atoms with E-state index in [1.165, 1.54) is 0 Å². The molecule has 0 amide bonds. The van der Waals surface area contributed by atoms with Crippen molar-refractivity contribution in [3.63, 3.8) is 0 Å². The van der Waals surface area contributed by atoms with Crippen molar-refractivity contribution in [2.24, 2.45) is 47.3 Å². The molecule has 9 nitrogen and oxygen atoms in total. The van der Waals surface area contributed by atoms with E-state index in [0.29, 0.717) is 6.07 Å². The van der Waals surface area contributed by atoms with Gasteiger partial charge < -0.3 is 0 Å². The summed E-state index contributed by atoms with van der Waals surface area (Å²) in [5.41, 5.74) is -1.53. The van der Waals surface area contributed by atoms with E-state index in [0.717, 1.165) is 0 Å². The first-order chi connectivity index (χ1) is 31.2. The van der Waals surface area contributed by atoms with Gasteiger partial charge in [0.2, 0.25) is 0 Å². The van der Waals surface area contributed by atoms with Crippen LogP contribution in [0.25, 0.3) is 0 Å². The molecule has 5 saturated heterocycles. The van der Waals surface area contributed by atoms with Gasteiger partial charge >= 0.3 is 0 Å². The fraction of sp³-hybridized carbons (Fsp3) is 0.842. The van der Waals surface area contributed by atoms with Crippen molar-refractivity contribution in [2.45, 2.75) is 148 Å². The zero-order valence-electron chi connectivity index (χ0n) is 33.3. The number of benzene rings is 1. The first kappa shape index (κ1) is 47.1. The lowest BCUT2D eigenvalue weighted by atomic mass is 9.71. The molecule has 66 heavy (non-hydrogen) atoms. The lowest BCUT2D eigenvalue weighted by Gasteiger charge is -2.46. The third-order valence-corrected chi connectivity index (χ3v) is 16.0.